The van der Waals surface area contributed by atoms with Crippen LogP contribution in [0.2, 0.25) is 0 Å². The summed E-state index contributed by atoms with van der Waals surface area (Å²) in [6.45, 7) is 5.86. The van der Waals surface area contributed by atoms with Crippen molar-refractivity contribution >= 4 is 6.29 Å². The van der Waals surface area contributed by atoms with E-state index in [4.69, 9.17) is 0 Å². The molecule has 0 aromatic carbocycles. The SMILES string of the molecule is C/C=C(C)\C=C/C/C=C(\C)C=O. The minimum absolute atomic E-state index is 0.790. The molecule has 0 atom stereocenters. The van der Waals surface area contributed by atoms with Gasteiger partial charge in [-0.1, -0.05) is 29.9 Å². The van der Waals surface area contributed by atoms with Gasteiger partial charge in [0.15, 0.2) is 0 Å². The lowest BCUT2D eigenvalue weighted by atomic mass is 10.2. The van der Waals surface area contributed by atoms with Crippen molar-refractivity contribution in [2.24, 2.45) is 0 Å². The van der Waals surface area contributed by atoms with Crippen molar-refractivity contribution in [1.29, 1.82) is 0 Å². The van der Waals surface area contributed by atoms with Crippen LogP contribution in [-0.4, -0.2) is 6.29 Å². The van der Waals surface area contributed by atoms with Crippen molar-refractivity contribution < 1.29 is 4.79 Å². The van der Waals surface area contributed by atoms with Gasteiger partial charge in [-0.3, -0.25) is 4.79 Å². The maximum absolute atomic E-state index is 10.2. The maximum Gasteiger partial charge on any atom is 0.145 e. The van der Waals surface area contributed by atoms with Crippen LogP contribution in [0.25, 0.3) is 0 Å². The molecule has 1 nitrogen and oxygen atoms in total. The van der Waals surface area contributed by atoms with Crippen LogP contribution in [-0.2, 0) is 4.79 Å². The number of hydrogen-bond acceptors (Lipinski definition) is 1. The van der Waals surface area contributed by atoms with E-state index < -0.39 is 0 Å². The summed E-state index contributed by atoms with van der Waals surface area (Å²) in [5, 5.41) is 0. The molecular weight excluding hydrogens is 148 g/mol. The Morgan fingerprint density at radius 3 is 2.42 bits per heavy atom. The summed E-state index contributed by atoms with van der Waals surface area (Å²) in [5.74, 6) is 0. The number of allylic oxidation sites excluding steroid dienone is 6. The smallest absolute Gasteiger partial charge is 0.145 e. The van der Waals surface area contributed by atoms with Crippen molar-refractivity contribution in [2.75, 3.05) is 0 Å². The Morgan fingerprint density at radius 2 is 1.92 bits per heavy atom. The first kappa shape index (κ1) is 10.9. The second kappa shape index (κ2) is 6.59. The van der Waals surface area contributed by atoms with Crippen LogP contribution in [0.3, 0.4) is 0 Å². The van der Waals surface area contributed by atoms with Crippen molar-refractivity contribution in [3.63, 3.8) is 0 Å². The molecule has 0 saturated carbocycles. The van der Waals surface area contributed by atoms with Crippen molar-refractivity contribution in [2.45, 2.75) is 27.2 Å². The minimum Gasteiger partial charge on any atom is -0.298 e. The van der Waals surface area contributed by atoms with E-state index in [2.05, 4.69) is 6.08 Å². The lowest BCUT2D eigenvalue weighted by Gasteiger charge is -1.87. The molecule has 0 N–H and O–H groups in total. The molecule has 0 radical (unpaired) electrons. The highest BCUT2D eigenvalue weighted by molar-refractivity contribution is 5.71. The van der Waals surface area contributed by atoms with Gasteiger partial charge in [-0.05, 0) is 32.8 Å². The molecule has 0 rings (SSSR count). The average molecular weight is 164 g/mol. The van der Waals surface area contributed by atoms with E-state index in [1.165, 1.54) is 5.57 Å². The van der Waals surface area contributed by atoms with Crippen LogP contribution in [0, 0.1) is 0 Å². The van der Waals surface area contributed by atoms with Gasteiger partial charge >= 0.3 is 0 Å². The highest BCUT2D eigenvalue weighted by Gasteiger charge is 1.81. The molecule has 0 amide bonds. The maximum atomic E-state index is 10.2. The molecule has 0 aliphatic carbocycles. The first-order chi connectivity index (χ1) is 5.70. The van der Waals surface area contributed by atoms with Gasteiger partial charge in [0.05, 0.1) is 0 Å². The molecule has 0 aromatic rings. The van der Waals surface area contributed by atoms with Gasteiger partial charge in [-0.15, -0.1) is 0 Å². The van der Waals surface area contributed by atoms with Crippen molar-refractivity contribution in [1.82, 2.24) is 0 Å². The summed E-state index contributed by atoms with van der Waals surface area (Å²) in [5.41, 5.74) is 2.03. The lowest BCUT2D eigenvalue weighted by molar-refractivity contribution is -0.104. The molecule has 0 aliphatic heterocycles. The van der Waals surface area contributed by atoms with Gasteiger partial charge in [0.25, 0.3) is 0 Å². The minimum atomic E-state index is 0.790. The Bertz CT molecular complexity index is 219. The second-order valence-electron chi connectivity index (χ2n) is 2.74. The number of hydrogen-bond donors (Lipinski definition) is 0. The standard InChI is InChI=1S/C11H16O/c1-4-10(2)7-5-6-8-11(3)9-12/h4-5,7-9H,6H2,1-3H3/b7-5-,10-4-,11-8+. The summed E-state index contributed by atoms with van der Waals surface area (Å²) in [7, 11) is 0. The van der Waals surface area contributed by atoms with E-state index in [1.54, 1.807) is 0 Å². The van der Waals surface area contributed by atoms with Gasteiger partial charge < -0.3 is 0 Å². The quantitative estimate of drug-likeness (QED) is 0.354. The molecule has 1 heteroatoms. The van der Waals surface area contributed by atoms with Crippen molar-refractivity contribution in [3.05, 3.63) is 35.5 Å². The normalized spacial score (nSPS) is 13.9. The zero-order valence-corrected chi connectivity index (χ0v) is 8.00. The highest BCUT2D eigenvalue weighted by Crippen LogP contribution is 1.97. The van der Waals surface area contributed by atoms with E-state index in [0.29, 0.717) is 0 Å². The first-order valence-electron chi connectivity index (χ1n) is 4.12. The Labute approximate surface area is 74.5 Å². The van der Waals surface area contributed by atoms with Crippen molar-refractivity contribution in [3.8, 4) is 0 Å². The third-order valence-corrected chi connectivity index (χ3v) is 1.60. The number of aldehydes is 1. The van der Waals surface area contributed by atoms with E-state index in [9.17, 15) is 4.79 Å². The molecule has 0 fully saturated rings. The Balaban J connectivity index is 3.84. The predicted molar refractivity (Wildman–Crippen MR) is 53.0 cm³/mol. The Morgan fingerprint density at radius 1 is 1.25 bits per heavy atom. The third kappa shape index (κ3) is 5.66. The lowest BCUT2D eigenvalue weighted by Crippen LogP contribution is -1.74. The molecule has 66 valence electrons. The zero-order chi connectivity index (χ0) is 9.40. The number of rotatable bonds is 4. The van der Waals surface area contributed by atoms with Crippen LogP contribution in [0.4, 0.5) is 0 Å². The van der Waals surface area contributed by atoms with Crippen LogP contribution >= 0.6 is 0 Å². The fraction of sp³-hybridized carbons (Fsp3) is 0.364. The fourth-order valence-electron chi connectivity index (χ4n) is 0.652. The monoisotopic (exact) mass is 164 g/mol. The topological polar surface area (TPSA) is 17.1 Å². The summed E-state index contributed by atoms with van der Waals surface area (Å²) in [6.07, 6.45) is 9.75. The molecule has 12 heavy (non-hydrogen) atoms. The molecule has 0 saturated heterocycles. The van der Waals surface area contributed by atoms with Gasteiger partial charge in [0.1, 0.15) is 6.29 Å². The molecule has 0 aliphatic rings. The fourth-order valence-corrected chi connectivity index (χ4v) is 0.652. The largest absolute Gasteiger partial charge is 0.298 e. The van der Waals surface area contributed by atoms with E-state index >= 15 is 0 Å². The van der Waals surface area contributed by atoms with Crippen LogP contribution < -0.4 is 0 Å². The molecule has 0 bridgehead atoms. The summed E-state index contributed by atoms with van der Waals surface area (Å²) < 4.78 is 0. The molecule has 0 unspecified atom stereocenters. The molecule has 0 spiro atoms. The Kier molecular flexibility index (Phi) is 5.98. The van der Waals surface area contributed by atoms with Crippen LogP contribution in [0.15, 0.2) is 35.5 Å². The van der Waals surface area contributed by atoms with Gasteiger partial charge in [-0.25, -0.2) is 0 Å². The zero-order valence-electron chi connectivity index (χ0n) is 8.00. The van der Waals surface area contributed by atoms with Gasteiger partial charge in [-0.2, -0.15) is 0 Å². The summed E-state index contributed by atoms with van der Waals surface area (Å²) in [4.78, 5) is 10.2. The van der Waals surface area contributed by atoms with Gasteiger partial charge in [0.2, 0.25) is 0 Å². The van der Waals surface area contributed by atoms with E-state index in [1.807, 2.05) is 39.0 Å². The summed E-state index contributed by atoms with van der Waals surface area (Å²) in [6, 6.07) is 0. The first-order valence-corrected chi connectivity index (χ1v) is 4.12. The number of carbonyl (C=O) groups excluding carboxylic acids is 1. The summed E-state index contributed by atoms with van der Waals surface area (Å²) >= 11 is 0. The van der Waals surface area contributed by atoms with Crippen LogP contribution in [0.1, 0.15) is 27.2 Å². The highest BCUT2D eigenvalue weighted by atomic mass is 16.1. The Hall–Kier alpha value is -1.11. The average Bonchev–Trinajstić information content (AvgIpc) is 2.11. The van der Waals surface area contributed by atoms with E-state index in [-0.39, 0.29) is 0 Å². The molecule has 0 heterocycles. The number of carbonyl (C=O) groups is 1. The van der Waals surface area contributed by atoms with Gasteiger partial charge in [0, 0.05) is 0 Å². The third-order valence-electron chi connectivity index (χ3n) is 1.60. The van der Waals surface area contributed by atoms with Crippen LogP contribution in [0.5, 0.6) is 0 Å². The second-order valence-corrected chi connectivity index (χ2v) is 2.74. The predicted octanol–water partition coefficient (Wildman–Crippen LogP) is 3.04. The molecular formula is C11H16O. The molecule has 0 aromatic heterocycles. The van der Waals surface area contributed by atoms with E-state index in [0.717, 1.165) is 18.3 Å².